The molecule has 1 aliphatic rings. The molecule has 1 aromatic heterocycles. The summed E-state index contributed by atoms with van der Waals surface area (Å²) in [6.07, 6.45) is 0. The normalized spacial score (nSPS) is 16.0. The van der Waals surface area contributed by atoms with Crippen molar-refractivity contribution >= 4 is 23.3 Å². The van der Waals surface area contributed by atoms with Gasteiger partial charge in [-0.05, 0) is 19.1 Å². The Bertz CT molecular complexity index is 490. The van der Waals surface area contributed by atoms with Crippen LogP contribution in [0.4, 0.5) is 5.82 Å². The second-order valence-electron chi connectivity index (χ2n) is 4.95. The second-order valence-corrected chi connectivity index (χ2v) is 5.34. The Morgan fingerprint density at radius 3 is 2.71 bits per heavy atom. The summed E-state index contributed by atoms with van der Waals surface area (Å²) < 4.78 is 0. The number of anilines is 1. The highest BCUT2D eigenvalue weighted by Gasteiger charge is 2.22. The van der Waals surface area contributed by atoms with E-state index < -0.39 is 0 Å². The van der Waals surface area contributed by atoms with Crippen molar-refractivity contribution in [3.63, 3.8) is 0 Å². The summed E-state index contributed by atoms with van der Waals surface area (Å²) in [5.41, 5.74) is 0.557. The lowest BCUT2D eigenvalue weighted by Gasteiger charge is -2.34. The van der Waals surface area contributed by atoms with Crippen LogP contribution in [0.3, 0.4) is 0 Å². The van der Waals surface area contributed by atoms with Gasteiger partial charge in [-0.2, -0.15) is 0 Å². The van der Waals surface area contributed by atoms with E-state index in [1.54, 1.807) is 12.1 Å². The third kappa shape index (κ3) is 4.30. The molecule has 1 aliphatic heterocycles. The van der Waals surface area contributed by atoms with Gasteiger partial charge in [0.2, 0.25) is 0 Å². The van der Waals surface area contributed by atoms with Gasteiger partial charge >= 0.3 is 0 Å². The maximum absolute atomic E-state index is 12.5. The lowest BCUT2D eigenvalue weighted by Crippen LogP contribution is -2.49. The minimum atomic E-state index is -0.0258. The predicted octanol–water partition coefficient (Wildman–Crippen LogP) is 0.917. The number of aliphatic hydroxyl groups excluding tert-OH is 1. The molecule has 0 saturated carbocycles. The van der Waals surface area contributed by atoms with E-state index in [4.69, 9.17) is 16.7 Å². The fourth-order valence-electron chi connectivity index (χ4n) is 2.39. The molecule has 0 atom stereocenters. The van der Waals surface area contributed by atoms with E-state index >= 15 is 0 Å². The first-order valence-corrected chi connectivity index (χ1v) is 7.55. The molecule has 0 unspecified atom stereocenters. The molecule has 6 nitrogen and oxygen atoms in total. The summed E-state index contributed by atoms with van der Waals surface area (Å²) in [6, 6.07) is 3.34. The van der Waals surface area contributed by atoms with Gasteiger partial charge in [0.1, 0.15) is 11.0 Å². The van der Waals surface area contributed by atoms with Crippen LogP contribution < -0.4 is 5.32 Å². The van der Waals surface area contributed by atoms with Crippen molar-refractivity contribution in [1.82, 2.24) is 14.8 Å². The number of amides is 1. The van der Waals surface area contributed by atoms with Crippen LogP contribution in [-0.2, 0) is 0 Å². The van der Waals surface area contributed by atoms with Crippen LogP contribution in [0.5, 0.6) is 0 Å². The fraction of sp³-hybridized carbons (Fsp3) is 0.571. The topological polar surface area (TPSA) is 68.7 Å². The molecule has 2 N–H and O–H groups in total. The average Bonchev–Trinajstić information content (AvgIpc) is 2.47. The number of carbonyl (C=O) groups excluding carboxylic acids is 1. The van der Waals surface area contributed by atoms with Crippen molar-refractivity contribution in [1.29, 1.82) is 0 Å². The van der Waals surface area contributed by atoms with E-state index in [0.717, 1.165) is 19.6 Å². The number of aromatic nitrogens is 1. The molecule has 1 amide bonds. The molecule has 21 heavy (non-hydrogen) atoms. The number of β-amino-alcohol motifs (C(OH)–C–C–N with tert-alkyl or cyclic N) is 1. The van der Waals surface area contributed by atoms with Gasteiger partial charge in [0, 0.05) is 44.8 Å². The van der Waals surface area contributed by atoms with Crippen molar-refractivity contribution in [3.05, 3.63) is 22.8 Å². The van der Waals surface area contributed by atoms with E-state index in [2.05, 4.69) is 15.2 Å². The summed E-state index contributed by atoms with van der Waals surface area (Å²) in [7, 11) is 0. The molecule has 0 aromatic carbocycles. The van der Waals surface area contributed by atoms with Crippen LogP contribution >= 0.6 is 11.6 Å². The van der Waals surface area contributed by atoms with Crippen LogP contribution in [0.2, 0.25) is 5.15 Å². The number of aliphatic hydroxyl groups is 1. The number of hydrogen-bond donors (Lipinski definition) is 2. The molecule has 1 saturated heterocycles. The number of carbonyl (C=O) groups is 1. The maximum Gasteiger partial charge on any atom is 0.254 e. The first-order chi connectivity index (χ1) is 10.1. The Hall–Kier alpha value is -1.37. The molecule has 0 radical (unpaired) electrons. The maximum atomic E-state index is 12.5. The van der Waals surface area contributed by atoms with Gasteiger partial charge in [-0.1, -0.05) is 11.6 Å². The first kappa shape index (κ1) is 16.0. The Balaban J connectivity index is 2.03. The SMILES string of the molecule is CCNc1cc(C(=O)N2CCN(CCO)CC2)cc(Cl)n1. The quantitative estimate of drug-likeness (QED) is 0.791. The van der Waals surface area contributed by atoms with Crippen molar-refractivity contribution in [2.45, 2.75) is 6.92 Å². The highest BCUT2D eigenvalue weighted by atomic mass is 35.5. The van der Waals surface area contributed by atoms with Crippen molar-refractivity contribution in [2.24, 2.45) is 0 Å². The monoisotopic (exact) mass is 312 g/mol. The Morgan fingerprint density at radius 2 is 2.10 bits per heavy atom. The standard InChI is InChI=1S/C14H21ClN4O2/c1-2-16-13-10-11(9-12(15)17-13)14(21)19-5-3-18(4-6-19)7-8-20/h9-10,20H,2-8H2,1H3,(H,16,17). The molecule has 0 spiro atoms. The Kier molecular flexibility index (Phi) is 5.78. The van der Waals surface area contributed by atoms with Crippen molar-refractivity contribution < 1.29 is 9.90 Å². The van der Waals surface area contributed by atoms with Gasteiger partial charge in [0.05, 0.1) is 6.61 Å². The number of nitrogens with one attached hydrogen (secondary N) is 1. The van der Waals surface area contributed by atoms with E-state index in [9.17, 15) is 4.79 Å². The molecular weight excluding hydrogens is 292 g/mol. The summed E-state index contributed by atoms with van der Waals surface area (Å²) in [4.78, 5) is 20.6. The number of rotatable bonds is 5. The molecule has 0 bridgehead atoms. The van der Waals surface area contributed by atoms with Gasteiger partial charge in [-0.3, -0.25) is 9.69 Å². The van der Waals surface area contributed by atoms with Gasteiger partial charge in [0.25, 0.3) is 5.91 Å². The van der Waals surface area contributed by atoms with Crippen molar-refractivity contribution in [2.75, 3.05) is 51.2 Å². The van der Waals surface area contributed by atoms with Crippen LogP contribution in [0.25, 0.3) is 0 Å². The lowest BCUT2D eigenvalue weighted by molar-refractivity contribution is 0.0615. The predicted molar refractivity (Wildman–Crippen MR) is 82.8 cm³/mol. The lowest BCUT2D eigenvalue weighted by atomic mass is 10.2. The van der Waals surface area contributed by atoms with Crippen molar-refractivity contribution in [3.8, 4) is 0 Å². The molecule has 116 valence electrons. The highest BCUT2D eigenvalue weighted by Crippen LogP contribution is 2.17. The zero-order chi connectivity index (χ0) is 15.2. The molecule has 2 heterocycles. The Morgan fingerprint density at radius 1 is 1.38 bits per heavy atom. The summed E-state index contributed by atoms with van der Waals surface area (Å²) in [5.74, 6) is 0.592. The van der Waals surface area contributed by atoms with Gasteiger partial charge in [-0.15, -0.1) is 0 Å². The summed E-state index contributed by atoms with van der Waals surface area (Å²) in [5, 5.41) is 12.3. The van der Waals surface area contributed by atoms with Crippen LogP contribution in [-0.4, -0.2) is 71.7 Å². The summed E-state index contributed by atoms with van der Waals surface area (Å²) in [6.45, 7) is 6.39. The fourth-order valence-corrected chi connectivity index (χ4v) is 2.60. The molecule has 2 rings (SSSR count). The van der Waals surface area contributed by atoms with Gasteiger partial charge in [-0.25, -0.2) is 4.98 Å². The second kappa shape index (κ2) is 7.59. The highest BCUT2D eigenvalue weighted by molar-refractivity contribution is 6.29. The van der Waals surface area contributed by atoms with E-state index in [1.165, 1.54) is 0 Å². The van der Waals surface area contributed by atoms with Crippen LogP contribution in [0.1, 0.15) is 17.3 Å². The van der Waals surface area contributed by atoms with E-state index in [1.807, 2.05) is 11.8 Å². The molecule has 0 aliphatic carbocycles. The number of pyridine rings is 1. The molecule has 7 heteroatoms. The van der Waals surface area contributed by atoms with E-state index in [-0.39, 0.29) is 12.5 Å². The minimum absolute atomic E-state index is 0.0258. The Labute approximate surface area is 129 Å². The van der Waals surface area contributed by atoms with Crippen LogP contribution in [0, 0.1) is 0 Å². The number of halogens is 1. The van der Waals surface area contributed by atoms with Gasteiger partial charge < -0.3 is 15.3 Å². The third-order valence-electron chi connectivity index (χ3n) is 3.47. The number of nitrogens with zero attached hydrogens (tertiary/aromatic N) is 3. The average molecular weight is 313 g/mol. The zero-order valence-corrected chi connectivity index (χ0v) is 12.9. The molecular formula is C14H21ClN4O2. The molecule has 1 fully saturated rings. The number of piperazine rings is 1. The summed E-state index contributed by atoms with van der Waals surface area (Å²) >= 11 is 5.98. The number of hydrogen-bond acceptors (Lipinski definition) is 5. The zero-order valence-electron chi connectivity index (χ0n) is 12.2. The largest absolute Gasteiger partial charge is 0.395 e. The minimum Gasteiger partial charge on any atom is -0.395 e. The third-order valence-corrected chi connectivity index (χ3v) is 3.67. The van der Waals surface area contributed by atoms with Crippen LogP contribution in [0.15, 0.2) is 12.1 Å². The molecule has 1 aromatic rings. The smallest absolute Gasteiger partial charge is 0.254 e. The van der Waals surface area contributed by atoms with Gasteiger partial charge in [0.15, 0.2) is 0 Å². The van der Waals surface area contributed by atoms with E-state index in [0.29, 0.717) is 36.2 Å². The first-order valence-electron chi connectivity index (χ1n) is 7.18.